The third-order valence-corrected chi connectivity index (χ3v) is 13.5. The van der Waals surface area contributed by atoms with E-state index in [1.807, 2.05) is 6.08 Å². The third kappa shape index (κ3) is 51.6. The van der Waals surface area contributed by atoms with E-state index >= 15 is 0 Å². The van der Waals surface area contributed by atoms with Gasteiger partial charge in [0.15, 0.2) is 0 Å². The lowest BCUT2D eigenvalue weighted by Crippen LogP contribution is -2.45. The Labute approximate surface area is 405 Å². The first-order valence-electron chi connectivity index (χ1n) is 29.1. The molecule has 1 amide bonds. The van der Waals surface area contributed by atoms with Crippen molar-refractivity contribution in [2.45, 2.75) is 328 Å². The number of rotatable bonds is 54. The highest BCUT2D eigenvalue weighted by Gasteiger charge is 2.18. The van der Waals surface area contributed by atoms with E-state index < -0.39 is 12.1 Å². The molecular formula is C59H113NO5. The van der Waals surface area contributed by atoms with Crippen LogP contribution in [0.4, 0.5) is 0 Å². The number of aliphatic hydroxyl groups excluding tert-OH is 2. The minimum Gasteiger partial charge on any atom is -0.466 e. The van der Waals surface area contributed by atoms with Gasteiger partial charge in [-0.2, -0.15) is 0 Å². The second kappa shape index (κ2) is 54.9. The van der Waals surface area contributed by atoms with Crippen LogP contribution in [-0.4, -0.2) is 47.4 Å². The van der Waals surface area contributed by atoms with Gasteiger partial charge in [-0.1, -0.05) is 269 Å². The number of nitrogens with one attached hydrogen (secondary N) is 1. The number of hydrogen-bond acceptors (Lipinski definition) is 5. The molecule has 0 spiro atoms. The van der Waals surface area contributed by atoms with Crippen LogP contribution < -0.4 is 5.32 Å². The highest BCUT2D eigenvalue weighted by Crippen LogP contribution is 2.17. The molecule has 0 saturated heterocycles. The van der Waals surface area contributed by atoms with Gasteiger partial charge in [-0.05, 0) is 57.8 Å². The van der Waals surface area contributed by atoms with Crippen LogP contribution in [0.5, 0.6) is 0 Å². The number of hydrogen-bond donors (Lipinski definition) is 3. The van der Waals surface area contributed by atoms with E-state index in [9.17, 15) is 19.8 Å². The average molecular weight is 917 g/mol. The molecule has 65 heavy (non-hydrogen) atoms. The minimum absolute atomic E-state index is 0.0203. The standard InChI is InChI=1S/C59H113NO5/c1-3-5-7-9-11-13-15-17-18-19-20-21-22-23-24-25-26-27-28-31-35-39-43-47-51-57(62)56(55-61)60-58(63)52-48-44-40-36-32-29-30-34-38-42-46-50-54-65-59(64)53-49-45-41-37-33-16-14-12-10-8-6-4-2/h12,14,47,51,56-57,61-62H,3-11,13,15-46,48-50,52-55H2,1-2H3,(H,60,63)/b14-12-,51-47+. The Morgan fingerprint density at radius 2 is 0.723 bits per heavy atom. The van der Waals surface area contributed by atoms with Gasteiger partial charge in [-0.15, -0.1) is 0 Å². The van der Waals surface area contributed by atoms with Crippen molar-refractivity contribution >= 4 is 11.9 Å². The Bertz CT molecular complexity index is 1010. The zero-order chi connectivity index (χ0) is 47.2. The lowest BCUT2D eigenvalue weighted by atomic mass is 10.0. The van der Waals surface area contributed by atoms with Crippen molar-refractivity contribution in [1.82, 2.24) is 5.32 Å². The molecule has 0 aliphatic rings. The number of ether oxygens (including phenoxy) is 1. The van der Waals surface area contributed by atoms with Gasteiger partial charge in [-0.3, -0.25) is 9.59 Å². The average Bonchev–Trinajstić information content (AvgIpc) is 3.31. The summed E-state index contributed by atoms with van der Waals surface area (Å²) in [6.45, 7) is 4.86. The molecule has 0 aromatic carbocycles. The maximum atomic E-state index is 12.5. The van der Waals surface area contributed by atoms with Crippen LogP contribution in [0.3, 0.4) is 0 Å². The first-order valence-corrected chi connectivity index (χ1v) is 29.1. The van der Waals surface area contributed by atoms with Gasteiger partial charge in [0.2, 0.25) is 5.91 Å². The molecule has 0 rings (SSSR count). The monoisotopic (exact) mass is 916 g/mol. The fourth-order valence-corrected chi connectivity index (χ4v) is 8.98. The summed E-state index contributed by atoms with van der Waals surface area (Å²) in [6, 6.07) is -0.641. The first kappa shape index (κ1) is 63.3. The second-order valence-corrected chi connectivity index (χ2v) is 20.0. The molecule has 0 aliphatic carbocycles. The fourth-order valence-electron chi connectivity index (χ4n) is 8.98. The van der Waals surface area contributed by atoms with Crippen molar-refractivity contribution in [2.24, 2.45) is 0 Å². The summed E-state index contributed by atoms with van der Waals surface area (Å²) in [6.07, 6.45) is 66.3. The van der Waals surface area contributed by atoms with Crippen LogP contribution in [0.15, 0.2) is 24.3 Å². The fraction of sp³-hybridized carbons (Fsp3) is 0.898. The van der Waals surface area contributed by atoms with Crippen molar-refractivity contribution in [3.63, 3.8) is 0 Å². The van der Waals surface area contributed by atoms with Crippen LogP contribution in [0, 0.1) is 0 Å². The molecule has 0 aromatic rings. The minimum atomic E-state index is -0.856. The summed E-state index contributed by atoms with van der Waals surface area (Å²) < 4.78 is 5.45. The molecular weight excluding hydrogens is 803 g/mol. The summed E-state index contributed by atoms with van der Waals surface area (Å²) >= 11 is 0. The Balaban J connectivity index is 3.49. The number of carbonyl (C=O) groups excluding carboxylic acids is 2. The number of carbonyl (C=O) groups is 2. The quantitative estimate of drug-likeness (QED) is 0.0321. The Morgan fingerprint density at radius 1 is 0.415 bits per heavy atom. The van der Waals surface area contributed by atoms with Crippen molar-refractivity contribution < 1.29 is 24.5 Å². The number of unbranched alkanes of at least 4 members (excludes halogenated alkanes) is 41. The SMILES string of the molecule is CCCCC/C=C\CCCCCCCC(=O)OCCCCCCCCCCCCCCC(=O)NC(CO)C(O)/C=C/CCCCCCCCCCCCCCCCCCCCCCCC. The zero-order valence-electron chi connectivity index (χ0n) is 43.7. The van der Waals surface area contributed by atoms with Crippen molar-refractivity contribution in [3.05, 3.63) is 24.3 Å². The van der Waals surface area contributed by atoms with Gasteiger partial charge >= 0.3 is 5.97 Å². The van der Waals surface area contributed by atoms with E-state index in [1.165, 1.54) is 231 Å². The molecule has 0 aromatic heterocycles. The summed E-state index contributed by atoms with van der Waals surface area (Å²) in [7, 11) is 0. The molecule has 0 saturated carbocycles. The largest absolute Gasteiger partial charge is 0.466 e. The van der Waals surface area contributed by atoms with Gasteiger partial charge in [-0.25, -0.2) is 0 Å². The Hall–Kier alpha value is -1.66. The molecule has 0 fully saturated rings. The molecule has 384 valence electrons. The van der Waals surface area contributed by atoms with Gasteiger partial charge in [0.1, 0.15) is 0 Å². The maximum absolute atomic E-state index is 12.5. The summed E-state index contributed by atoms with van der Waals surface area (Å²) in [5, 5.41) is 23.2. The van der Waals surface area contributed by atoms with Crippen molar-refractivity contribution in [2.75, 3.05) is 13.2 Å². The predicted molar refractivity (Wildman–Crippen MR) is 283 cm³/mol. The molecule has 2 unspecified atom stereocenters. The molecule has 0 aliphatic heterocycles. The maximum Gasteiger partial charge on any atom is 0.305 e. The topological polar surface area (TPSA) is 95.9 Å². The van der Waals surface area contributed by atoms with Crippen molar-refractivity contribution in [1.29, 1.82) is 0 Å². The molecule has 0 radical (unpaired) electrons. The number of amides is 1. The smallest absolute Gasteiger partial charge is 0.305 e. The normalized spacial score (nSPS) is 12.7. The van der Waals surface area contributed by atoms with E-state index in [0.29, 0.717) is 19.4 Å². The van der Waals surface area contributed by atoms with E-state index in [-0.39, 0.29) is 18.5 Å². The van der Waals surface area contributed by atoms with E-state index in [2.05, 4.69) is 31.3 Å². The van der Waals surface area contributed by atoms with Crippen LogP contribution in [0.1, 0.15) is 316 Å². The number of allylic oxidation sites excluding steroid dienone is 3. The summed E-state index contributed by atoms with van der Waals surface area (Å²) in [4.78, 5) is 24.5. The molecule has 0 heterocycles. The predicted octanol–water partition coefficient (Wildman–Crippen LogP) is 17.9. The van der Waals surface area contributed by atoms with Crippen LogP contribution in [0.25, 0.3) is 0 Å². The van der Waals surface area contributed by atoms with Gasteiger partial charge in [0.05, 0.1) is 25.4 Å². The third-order valence-electron chi connectivity index (χ3n) is 13.5. The Kier molecular flexibility index (Phi) is 53.5. The number of aliphatic hydroxyl groups is 2. The Morgan fingerprint density at radius 3 is 1.12 bits per heavy atom. The van der Waals surface area contributed by atoms with Gasteiger partial charge in [0.25, 0.3) is 0 Å². The van der Waals surface area contributed by atoms with E-state index in [1.54, 1.807) is 6.08 Å². The molecule has 6 heteroatoms. The second-order valence-electron chi connectivity index (χ2n) is 20.0. The van der Waals surface area contributed by atoms with Crippen LogP contribution in [-0.2, 0) is 14.3 Å². The summed E-state index contributed by atoms with van der Waals surface area (Å²) in [5.74, 6) is -0.101. The lowest BCUT2D eigenvalue weighted by Gasteiger charge is -2.20. The highest BCUT2D eigenvalue weighted by atomic mass is 16.5. The van der Waals surface area contributed by atoms with Crippen molar-refractivity contribution in [3.8, 4) is 0 Å². The highest BCUT2D eigenvalue weighted by molar-refractivity contribution is 5.76. The lowest BCUT2D eigenvalue weighted by molar-refractivity contribution is -0.143. The summed E-state index contributed by atoms with van der Waals surface area (Å²) in [5.41, 5.74) is 0. The zero-order valence-corrected chi connectivity index (χ0v) is 43.7. The van der Waals surface area contributed by atoms with E-state index in [4.69, 9.17) is 4.74 Å². The molecule has 3 N–H and O–H groups in total. The number of esters is 1. The van der Waals surface area contributed by atoms with E-state index in [0.717, 1.165) is 57.8 Å². The first-order chi connectivity index (χ1) is 32.0. The van der Waals surface area contributed by atoms with Crippen LogP contribution >= 0.6 is 0 Å². The van der Waals surface area contributed by atoms with Gasteiger partial charge in [0, 0.05) is 12.8 Å². The molecule has 6 nitrogen and oxygen atoms in total. The van der Waals surface area contributed by atoms with Gasteiger partial charge < -0.3 is 20.3 Å². The molecule has 0 bridgehead atoms. The van der Waals surface area contributed by atoms with Crippen LogP contribution in [0.2, 0.25) is 0 Å². The molecule has 2 atom stereocenters.